The summed E-state index contributed by atoms with van der Waals surface area (Å²) in [6.07, 6.45) is 0.826. The van der Waals surface area contributed by atoms with Gasteiger partial charge in [-0.05, 0) is 53.9 Å². The second-order valence-corrected chi connectivity index (χ2v) is 7.52. The van der Waals surface area contributed by atoms with Gasteiger partial charge in [0.2, 0.25) is 5.95 Å². The number of aliphatic hydroxyl groups is 1. The highest BCUT2D eigenvalue weighted by atomic mass is 35.5. The van der Waals surface area contributed by atoms with Crippen molar-refractivity contribution in [2.75, 3.05) is 12.3 Å². The molecule has 1 amide bonds. The van der Waals surface area contributed by atoms with Gasteiger partial charge in [-0.3, -0.25) is 4.79 Å². The highest BCUT2D eigenvalue weighted by molar-refractivity contribution is 6.30. The number of rotatable bonds is 6. The Morgan fingerprint density at radius 2 is 1.94 bits per heavy atom. The molecule has 10 heteroatoms. The van der Waals surface area contributed by atoms with E-state index in [1.807, 2.05) is 0 Å². The van der Waals surface area contributed by atoms with Gasteiger partial charge in [0.05, 0.1) is 6.10 Å². The molecular formula is C22H18ClF2N5O2. The summed E-state index contributed by atoms with van der Waals surface area (Å²) < 4.78 is 30.9. The number of hydrogen-bond donors (Lipinski definition) is 3. The number of nitrogen functional groups attached to an aromatic ring is 1. The van der Waals surface area contributed by atoms with E-state index in [9.17, 15) is 14.3 Å². The van der Waals surface area contributed by atoms with E-state index in [-0.39, 0.29) is 24.5 Å². The van der Waals surface area contributed by atoms with Crippen LogP contribution < -0.4 is 11.1 Å². The number of nitrogens with zero attached hydrogens (tertiary/aromatic N) is 3. The van der Waals surface area contributed by atoms with Crippen molar-refractivity contribution in [2.24, 2.45) is 0 Å². The lowest BCUT2D eigenvalue weighted by Crippen LogP contribution is -2.27. The van der Waals surface area contributed by atoms with E-state index >= 15 is 4.39 Å². The van der Waals surface area contributed by atoms with Gasteiger partial charge in [0.1, 0.15) is 17.2 Å². The van der Waals surface area contributed by atoms with Crippen molar-refractivity contribution < 1.29 is 18.7 Å². The Morgan fingerprint density at radius 3 is 2.69 bits per heavy atom. The number of aromatic nitrogens is 3. The van der Waals surface area contributed by atoms with Crippen LogP contribution in [-0.4, -0.2) is 32.2 Å². The van der Waals surface area contributed by atoms with Gasteiger partial charge in [0.25, 0.3) is 5.91 Å². The van der Waals surface area contributed by atoms with Gasteiger partial charge in [0.15, 0.2) is 5.65 Å². The van der Waals surface area contributed by atoms with Gasteiger partial charge in [-0.2, -0.15) is 4.98 Å². The van der Waals surface area contributed by atoms with Gasteiger partial charge in [-0.1, -0.05) is 23.7 Å². The number of carbonyl (C=O) groups excluding carboxylic acids is 1. The van der Waals surface area contributed by atoms with Crippen molar-refractivity contribution in [3.05, 3.63) is 82.5 Å². The van der Waals surface area contributed by atoms with Crippen LogP contribution in [0.2, 0.25) is 5.02 Å². The molecule has 1 atom stereocenters. The molecular weight excluding hydrogens is 440 g/mol. The molecule has 0 saturated carbocycles. The van der Waals surface area contributed by atoms with Crippen LogP contribution in [0.1, 0.15) is 28.4 Å². The SMILES string of the molecule is Nc1nc2cc(-c3ccc(F)c(C(=O)NCCC(O)c4ccc(Cl)cc4)c3F)ccn2n1. The van der Waals surface area contributed by atoms with E-state index < -0.39 is 29.2 Å². The molecule has 0 saturated heterocycles. The van der Waals surface area contributed by atoms with Crippen LogP contribution in [0.5, 0.6) is 0 Å². The lowest BCUT2D eigenvalue weighted by molar-refractivity contribution is 0.0934. The van der Waals surface area contributed by atoms with Crippen molar-refractivity contribution in [1.29, 1.82) is 0 Å². The normalized spacial score (nSPS) is 12.1. The summed E-state index contributed by atoms with van der Waals surface area (Å²) >= 11 is 5.82. The standard InChI is InChI=1S/C22H18ClF2N5O2/c23-14-3-1-12(2-4-14)17(31)7-9-27-21(32)19-16(24)6-5-15(20(19)25)13-8-10-30-18(11-13)28-22(26)29-30/h1-6,8,10-11,17,31H,7,9H2,(H2,26,29)(H,27,32). The molecule has 2 aromatic heterocycles. The monoisotopic (exact) mass is 457 g/mol. The molecule has 2 heterocycles. The number of anilines is 1. The fourth-order valence-corrected chi connectivity index (χ4v) is 3.44. The Hall–Kier alpha value is -3.56. The predicted molar refractivity (Wildman–Crippen MR) is 116 cm³/mol. The molecule has 2 aromatic carbocycles. The summed E-state index contributed by atoms with van der Waals surface area (Å²) in [4.78, 5) is 16.5. The topological polar surface area (TPSA) is 106 Å². The molecule has 0 fully saturated rings. The fourth-order valence-electron chi connectivity index (χ4n) is 3.31. The first-order valence-electron chi connectivity index (χ1n) is 9.65. The van der Waals surface area contributed by atoms with Crippen LogP contribution in [-0.2, 0) is 0 Å². The zero-order valence-corrected chi connectivity index (χ0v) is 17.4. The molecule has 7 nitrogen and oxygen atoms in total. The fraction of sp³-hybridized carbons (Fsp3) is 0.136. The molecule has 0 aliphatic rings. The van der Waals surface area contributed by atoms with E-state index in [2.05, 4.69) is 15.4 Å². The number of nitrogens with one attached hydrogen (secondary N) is 1. The van der Waals surface area contributed by atoms with Crippen LogP contribution >= 0.6 is 11.6 Å². The third-order valence-corrected chi connectivity index (χ3v) is 5.19. The number of nitrogens with two attached hydrogens (primary N) is 1. The maximum Gasteiger partial charge on any atom is 0.257 e. The zero-order chi connectivity index (χ0) is 22.8. The molecule has 4 N–H and O–H groups in total. The molecule has 1 unspecified atom stereocenters. The molecule has 0 spiro atoms. The van der Waals surface area contributed by atoms with Crippen molar-refractivity contribution >= 4 is 29.1 Å². The number of amides is 1. The predicted octanol–water partition coefficient (Wildman–Crippen LogP) is 3.76. The molecule has 4 rings (SSSR count). The summed E-state index contributed by atoms with van der Waals surface area (Å²) in [7, 11) is 0. The van der Waals surface area contributed by atoms with E-state index in [0.717, 1.165) is 6.07 Å². The van der Waals surface area contributed by atoms with Crippen LogP contribution in [0.15, 0.2) is 54.7 Å². The number of halogens is 3. The van der Waals surface area contributed by atoms with Gasteiger partial charge in [-0.25, -0.2) is 13.3 Å². The first-order chi connectivity index (χ1) is 15.3. The number of hydrogen-bond acceptors (Lipinski definition) is 5. The van der Waals surface area contributed by atoms with Crippen LogP contribution in [0.3, 0.4) is 0 Å². The summed E-state index contributed by atoms with van der Waals surface area (Å²) in [6, 6.07) is 12.0. The second kappa shape index (κ2) is 8.89. The molecule has 0 aliphatic carbocycles. The minimum Gasteiger partial charge on any atom is -0.388 e. The molecule has 164 valence electrons. The van der Waals surface area contributed by atoms with E-state index in [0.29, 0.717) is 21.8 Å². The largest absolute Gasteiger partial charge is 0.388 e. The number of aliphatic hydroxyl groups excluding tert-OH is 1. The third kappa shape index (κ3) is 4.39. The Kier molecular flexibility index (Phi) is 6.02. The molecule has 32 heavy (non-hydrogen) atoms. The minimum absolute atomic E-state index is 0.0106. The Labute approximate surface area is 186 Å². The van der Waals surface area contributed by atoms with Crippen molar-refractivity contribution in [2.45, 2.75) is 12.5 Å². The average molecular weight is 458 g/mol. The lowest BCUT2D eigenvalue weighted by atomic mass is 10.0. The minimum atomic E-state index is -1.00. The van der Waals surface area contributed by atoms with Crippen molar-refractivity contribution in [3.8, 4) is 11.1 Å². The number of benzene rings is 2. The quantitative estimate of drug-likeness (QED) is 0.409. The smallest absolute Gasteiger partial charge is 0.257 e. The second-order valence-electron chi connectivity index (χ2n) is 7.08. The molecule has 4 aromatic rings. The average Bonchev–Trinajstić information content (AvgIpc) is 3.13. The highest BCUT2D eigenvalue weighted by Crippen LogP contribution is 2.28. The summed E-state index contributed by atoms with van der Waals surface area (Å²) in [6.45, 7) is 0.0106. The van der Waals surface area contributed by atoms with Crippen molar-refractivity contribution in [3.63, 3.8) is 0 Å². The van der Waals surface area contributed by atoms with E-state index in [1.165, 1.54) is 22.8 Å². The van der Waals surface area contributed by atoms with Crippen LogP contribution in [0, 0.1) is 11.6 Å². The number of fused-ring (bicyclic) bond motifs is 1. The van der Waals surface area contributed by atoms with Gasteiger partial charge >= 0.3 is 0 Å². The highest BCUT2D eigenvalue weighted by Gasteiger charge is 2.22. The summed E-state index contributed by atoms with van der Waals surface area (Å²) in [5.74, 6) is -2.85. The molecule has 0 aliphatic heterocycles. The first-order valence-corrected chi connectivity index (χ1v) is 10.0. The first kappa shape index (κ1) is 21.7. The van der Waals surface area contributed by atoms with Crippen molar-refractivity contribution in [1.82, 2.24) is 19.9 Å². The van der Waals surface area contributed by atoms with Gasteiger partial charge < -0.3 is 16.2 Å². The van der Waals surface area contributed by atoms with E-state index in [1.54, 1.807) is 30.3 Å². The third-order valence-electron chi connectivity index (χ3n) is 4.94. The summed E-state index contributed by atoms with van der Waals surface area (Å²) in [5, 5.41) is 17.2. The van der Waals surface area contributed by atoms with Gasteiger partial charge in [-0.15, -0.1) is 5.10 Å². The number of pyridine rings is 1. The summed E-state index contributed by atoms with van der Waals surface area (Å²) in [5.41, 5.74) is 6.27. The Bertz CT molecular complexity index is 1290. The molecule has 0 radical (unpaired) electrons. The van der Waals surface area contributed by atoms with E-state index in [4.69, 9.17) is 17.3 Å². The lowest BCUT2D eigenvalue weighted by Gasteiger charge is -2.13. The Balaban J connectivity index is 1.51. The number of carbonyl (C=O) groups is 1. The Morgan fingerprint density at radius 1 is 1.19 bits per heavy atom. The molecule has 0 bridgehead atoms. The maximum atomic E-state index is 15.1. The van der Waals surface area contributed by atoms with Crippen LogP contribution in [0.4, 0.5) is 14.7 Å². The maximum absolute atomic E-state index is 15.1. The van der Waals surface area contributed by atoms with Crippen LogP contribution in [0.25, 0.3) is 16.8 Å². The zero-order valence-electron chi connectivity index (χ0n) is 16.6. The van der Waals surface area contributed by atoms with Gasteiger partial charge in [0, 0.05) is 23.3 Å².